The number of para-hydroxylation sites is 2. The van der Waals surface area contributed by atoms with Gasteiger partial charge in [-0.2, -0.15) is 0 Å². The molecular formula is C34H26Br2ClN3O4. The summed E-state index contributed by atoms with van der Waals surface area (Å²) in [6, 6.07) is 46.4. The van der Waals surface area contributed by atoms with E-state index in [0.29, 0.717) is 13.1 Å². The number of fused-ring (bicyclic) bond motifs is 1. The van der Waals surface area contributed by atoms with Crippen LogP contribution >= 0.6 is 31.9 Å². The Morgan fingerprint density at radius 3 is 1.70 bits per heavy atom. The number of nitrogens with zero attached hydrogens (tertiary/aromatic N) is 3. The molecule has 0 bridgehead atoms. The van der Waals surface area contributed by atoms with E-state index >= 15 is 0 Å². The minimum absolute atomic E-state index is 0.692. The second-order valence-corrected chi connectivity index (χ2v) is 12.2. The SMILES string of the molecule is Brc1ccccc1N(Cc1ccccc1)C1=NC(=[N+](Cc2ccccc2)c2ccccc2Br)c2ccccc21.[O-][Cl+3]([O-])([O-])[O-]. The van der Waals surface area contributed by atoms with Gasteiger partial charge < -0.3 is 0 Å². The lowest BCUT2D eigenvalue weighted by atomic mass is 10.1. The van der Waals surface area contributed by atoms with Gasteiger partial charge in [-0.3, -0.25) is 4.90 Å². The lowest BCUT2D eigenvalue weighted by Crippen LogP contribution is -2.68. The van der Waals surface area contributed by atoms with Gasteiger partial charge in [0, 0.05) is 4.47 Å². The third-order valence-electron chi connectivity index (χ3n) is 6.79. The molecule has 5 aromatic rings. The number of anilines is 1. The van der Waals surface area contributed by atoms with E-state index in [-0.39, 0.29) is 0 Å². The first-order chi connectivity index (χ1) is 21.2. The van der Waals surface area contributed by atoms with Gasteiger partial charge in [-0.05, 0) is 84.4 Å². The zero-order valence-electron chi connectivity index (χ0n) is 23.2. The summed E-state index contributed by atoms with van der Waals surface area (Å²) in [5.41, 5.74) is 6.81. The molecule has 0 N–H and O–H groups in total. The molecule has 222 valence electrons. The molecule has 5 aromatic carbocycles. The van der Waals surface area contributed by atoms with E-state index in [9.17, 15) is 0 Å². The minimum atomic E-state index is -4.94. The van der Waals surface area contributed by atoms with Crippen molar-refractivity contribution in [3.63, 3.8) is 0 Å². The molecule has 0 aromatic heterocycles. The van der Waals surface area contributed by atoms with Crippen LogP contribution < -0.4 is 23.5 Å². The van der Waals surface area contributed by atoms with E-state index in [2.05, 4.69) is 163 Å². The third-order valence-corrected chi connectivity index (χ3v) is 8.13. The van der Waals surface area contributed by atoms with Crippen LogP contribution in [0.4, 0.5) is 11.4 Å². The highest BCUT2D eigenvalue weighted by molar-refractivity contribution is 9.11. The first-order valence-electron chi connectivity index (χ1n) is 13.5. The summed E-state index contributed by atoms with van der Waals surface area (Å²) in [5, 5.41) is 0. The van der Waals surface area contributed by atoms with Crippen LogP contribution in [0.3, 0.4) is 0 Å². The van der Waals surface area contributed by atoms with Crippen LogP contribution in [0.25, 0.3) is 0 Å². The molecule has 0 amide bonds. The summed E-state index contributed by atoms with van der Waals surface area (Å²) >= 11 is 7.62. The lowest BCUT2D eigenvalue weighted by molar-refractivity contribution is -2.00. The first-order valence-corrected chi connectivity index (χ1v) is 16.3. The van der Waals surface area contributed by atoms with Crippen molar-refractivity contribution >= 4 is 54.9 Å². The van der Waals surface area contributed by atoms with Crippen LogP contribution in [0.5, 0.6) is 0 Å². The maximum Gasteiger partial charge on any atom is 0.334 e. The molecule has 1 aliphatic heterocycles. The van der Waals surface area contributed by atoms with Gasteiger partial charge in [0.2, 0.25) is 0 Å². The fourth-order valence-electron chi connectivity index (χ4n) is 4.93. The van der Waals surface area contributed by atoms with Crippen LogP contribution in [0.2, 0.25) is 0 Å². The zero-order valence-corrected chi connectivity index (χ0v) is 27.2. The number of hydrogen-bond donors (Lipinski definition) is 0. The average molecular weight is 736 g/mol. The van der Waals surface area contributed by atoms with E-state index < -0.39 is 10.2 Å². The summed E-state index contributed by atoms with van der Waals surface area (Å²) in [4.78, 5) is 7.74. The number of benzene rings is 5. The van der Waals surface area contributed by atoms with Crippen molar-refractivity contribution in [3.8, 4) is 0 Å². The smallest absolute Gasteiger partial charge is 0.300 e. The summed E-state index contributed by atoms with van der Waals surface area (Å²) in [7, 11) is -4.94. The van der Waals surface area contributed by atoms with Gasteiger partial charge in [0.1, 0.15) is 12.2 Å². The minimum Gasteiger partial charge on any atom is -0.300 e. The Labute approximate surface area is 274 Å². The molecule has 1 heterocycles. The van der Waals surface area contributed by atoms with Gasteiger partial charge in [-0.25, -0.2) is 23.2 Å². The van der Waals surface area contributed by atoms with Crippen LogP contribution in [-0.4, -0.2) is 16.2 Å². The predicted octanol–water partition coefficient (Wildman–Crippen LogP) is 4.21. The normalized spacial score (nSPS) is 13.4. The molecule has 1 aliphatic rings. The molecule has 0 atom stereocenters. The molecule has 7 nitrogen and oxygen atoms in total. The van der Waals surface area contributed by atoms with Crippen molar-refractivity contribution in [1.29, 1.82) is 0 Å². The van der Waals surface area contributed by atoms with Gasteiger partial charge >= 0.3 is 5.84 Å². The molecule has 0 saturated heterocycles. The summed E-state index contributed by atoms with van der Waals surface area (Å²) < 4.78 is 38.3. The molecule has 10 heteroatoms. The maximum absolute atomic E-state index is 8.49. The Morgan fingerprint density at radius 2 is 1.09 bits per heavy atom. The Hall–Kier alpha value is -3.67. The highest BCUT2D eigenvalue weighted by Crippen LogP contribution is 2.34. The Balaban J connectivity index is 0.000000712. The van der Waals surface area contributed by atoms with E-state index in [1.807, 2.05) is 12.1 Å². The lowest BCUT2D eigenvalue weighted by Gasteiger charge is -2.23. The van der Waals surface area contributed by atoms with E-state index in [0.717, 1.165) is 43.1 Å². The number of aliphatic imine (C=N–C) groups is 1. The quantitative estimate of drug-likeness (QED) is 0.243. The van der Waals surface area contributed by atoms with Gasteiger partial charge in [-0.15, -0.1) is 10.2 Å². The van der Waals surface area contributed by atoms with Crippen molar-refractivity contribution in [2.45, 2.75) is 13.1 Å². The van der Waals surface area contributed by atoms with Gasteiger partial charge in [0.25, 0.3) is 5.84 Å². The maximum atomic E-state index is 8.49. The number of rotatable bonds is 6. The fourth-order valence-corrected chi connectivity index (χ4v) is 5.92. The van der Waals surface area contributed by atoms with Crippen molar-refractivity contribution in [1.82, 2.24) is 0 Å². The Morgan fingerprint density at radius 1 is 0.591 bits per heavy atom. The van der Waals surface area contributed by atoms with Gasteiger partial charge in [-0.1, -0.05) is 97.1 Å². The van der Waals surface area contributed by atoms with E-state index in [4.69, 9.17) is 23.6 Å². The molecule has 44 heavy (non-hydrogen) atoms. The molecular weight excluding hydrogens is 710 g/mol. The van der Waals surface area contributed by atoms with Gasteiger partial charge in [0.05, 0.1) is 27.8 Å². The monoisotopic (exact) mass is 733 g/mol. The number of hydrogen-bond acceptors (Lipinski definition) is 5. The molecule has 6 rings (SSSR count). The van der Waals surface area contributed by atoms with E-state index in [1.165, 1.54) is 11.1 Å². The van der Waals surface area contributed by atoms with Crippen LogP contribution in [0, 0.1) is 10.2 Å². The van der Waals surface area contributed by atoms with Crippen LogP contribution in [0.1, 0.15) is 22.3 Å². The Kier molecular flexibility index (Phi) is 10.4. The summed E-state index contributed by atoms with van der Waals surface area (Å²) in [5.74, 6) is 1.86. The molecule has 0 fully saturated rings. The third kappa shape index (κ3) is 8.08. The molecule has 0 saturated carbocycles. The van der Waals surface area contributed by atoms with Crippen molar-refractivity contribution in [2.24, 2.45) is 4.99 Å². The molecule has 0 unspecified atom stereocenters. The second-order valence-electron chi connectivity index (χ2n) is 9.73. The molecule has 0 aliphatic carbocycles. The predicted molar refractivity (Wildman–Crippen MR) is 168 cm³/mol. The van der Waals surface area contributed by atoms with Gasteiger partial charge in [0.15, 0.2) is 0 Å². The molecule has 0 radical (unpaired) electrons. The average Bonchev–Trinajstić information content (AvgIpc) is 3.39. The number of amidine groups is 2. The summed E-state index contributed by atoms with van der Waals surface area (Å²) in [6.45, 7) is 1.38. The second kappa shape index (κ2) is 14.4. The Bertz CT molecular complexity index is 1790. The number of halogens is 3. The van der Waals surface area contributed by atoms with Crippen molar-refractivity contribution < 1.29 is 33.5 Å². The summed E-state index contributed by atoms with van der Waals surface area (Å²) in [6.07, 6.45) is 0. The first kappa shape index (κ1) is 31.7. The fraction of sp³-hybridized carbons (Fsp3) is 0.0588. The topological polar surface area (TPSA) is 111 Å². The highest BCUT2D eigenvalue weighted by Gasteiger charge is 2.37. The van der Waals surface area contributed by atoms with E-state index in [1.54, 1.807) is 0 Å². The van der Waals surface area contributed by atoms with Crippen molar-refractivity contribution in [3.05, 3.63) is 165 Å². The zero-order chi connectivity index (χ0) is 31.1. The molecule has 0 spiro atoms. The van der Waals surface area contributed by atoms with Crippen molar-refractivity contribution in [2.75, 3.05) is 4.90 Å². The standard InChI is InChI=1S/C34H26Br2N3.ClHO4/c35-29-19-9-11-21-31(29)38(23-25-13-3-1-4-14-25)33-27-17-7-8-18-28(27)34(37-33)39(24-26-15-5-2-6-16-26)32-22-12-10-20-30(32)36;2-1(3,4)5/h1-22H,23-24H2;(H,2,3,4,5)/q+1;/p-1. The van der Waals surface area contributed by atoms with Crippen LogP contribution in [0.15, 0.2) is 147 Å². The largest absolute Gasteiger partial charge is 0.334 e. The van der Waals surface area contributed by atoms with Crippen LogP contribution in [-0.2, 0) is 13.1 Å². The highest BCUT2D eigenvalue weighted by atomic mass is 79.9.